The zero-order valence-electron chi connectivity index (χ0n) is 13.4. The summed E-state index contributed by atoms with van der Waals surface area (Å²) < 4.78 is 0. The number of amides is 3. The van der Waals surface area contributed by atoms with E-state index in [1.54, 1.807) is 29.9 Å². The number of hydrogen-bond donors (Lipinski definition) is 2. The molecule has 0 spiro atoms. The first-order chi connectivity index (χ1) is 11.0. The van der Waals surface area contributed by atoms with Gasteiger partial charge in [0.05, 0.1) is 23.6 Å². The summed E-state index contributed by atoms with van der Waals surface area (Å²) in [6.45, 7) is 2.00. The highest BCUT2D eigenvalue weighted by Gasteiger charge is 2.50. The molecule has 1 aromatic rings. The van der Waals surface area contributed by atoms with Gasteiger partial charge in [0.2, 0.25) is 5.91 Å². The minimum absolute atomic E-state index is 0.0223. The summed E-state index contributed by atoms with van der Waals surface area (Å²) in [4.78, 5) is 31.7. The Labute approximate surface area is 139 Å². The van der Waals surface area contributed by atoms with Crippen molar-refractivity contribution in [3.63, 3.8) is 0 Å². The predicted molar refractivity (Wildman–Crippen MR) is 88.3 cm³/mol. The van der Waals surface area contributed by atoms with Crippen molar-refractivity contribution in [1.82, 2.24) is 25.4 Å². The largest absolute Gasteiger partial charge is 0.327 e. The lowest BCUT2D eigenvalue weighted by atomic mass is 9.97. The molecule has 0 bridgehead atoms. The highest BCUT2D eigenvalue weighted by molar-refractivity contribution is 7.99. The summed E-state index contributed by atoms with van der Waals surface area (Å²) >= 11 is 1.67. The Kier molecular flexibility index (Phi) is 4.56. The standard InChI is InChI=1S/C15H21N5O2S/c1-9-17-12-11(14(21)20(3)15(22)19(12)2)13(18-9)23-8-10-5-4-6-16-7-10/h4-7,9,11-13,17-18H,8H2,1-3H3. The molecule has 0 aliphatic carbocycles. The molecule has 4 atom stereocenters. The number of imide groups is 1. The second-order valence-electron chi connectivity index (χ2n) is 5.91. The van der Waals surface area contributed by atoms with E-state index in [4.69, 9.17) is 0 Å². The topological polar surface area (TPSA) is 77.6 Å². The predicted octanol–water partition coefficient (Wildman–Crippen LogP) is 0.646. The van der Waals surface area contributed by atoms with Crippen LogP contribution in [0.25, 0.3) is 0 Å². The number of thioether (sulfide) groups is 1. The lowest BCUT2D eigenvalue weighted by Gasteiger charge is -2.49. The molecule has 0 saturated carbocycles. The molecule has 3 rings (SSSR count). The van der Waals surface area contributed by atoms with Crippen LogP contribution in [0, 0.1) is 5.92 Å². The average molecular weight is 335 g/mol. The van der Waals surface area contributed by atoms with Crippen molar-refractivity contribution < 1.29 is 9.59 Å². The van der Waals surface area contributed by atoms with Crippen LogP contribution in [0.1, 0.15) is 12.5 Å². The van der Waals surface area contributed by atoms with Gasteiger partial charge in [-0.25, -0.2) is 4.79 Å². The van der Waals surface area contributed by atoms with E-state index in [2.05, 4.69) is 15.6 Å². The van der Waals surface area contributed by atoms with E-state index in [-0.39, 0.29) is 35.6 Å². The molecule has 2 fully saturated rings. The molecule has 2 N–H and O–H groups in total. The Morgan fingerprint density at radius 2 is 2.09 bits per heavy atom. The molecule has 7 nitrogen and oxygen atoms in total. The quantitative estimate of drug-likeness (QED) is 0.844. The monoisotopic (exact) mass is 335 g/mol. The Hall–Kier alpha value is -1.64. The van der Waals surface area contributed by atoms with Gasteiger partial charge in [0, 0.05) is 32.2 Å². The van der Waals surface area contributed by atoms with Crippen LogP contribution in [0.15, 0.2) is 24.5 Å². The van der Waals surface area contributed by atoms with Gasteiger partial charge in [0.25, 0.3) is 0 Å². The van der Waals surface area contributed by atoms with Crippen LogP contribution in [0.2, 0.25) is 0 Å². The molecular formula is C15H21N5O2S. The van der Waals surface area contributed by atoms with Crippen LogP contribution >= 0.6 is 11.8 Å². The first-order valence-corrected chi connectivity index (χ1v) is 8.61. The van der Waals surface area contributed by atoms with Gasteiger partial charge < -0.3 is 4.90 Å². The van der Waals surface area contributed by atoms with E-state index in [9.17, 15) is 9.59 Å². The number of pyridine rings is 1. The van der Waals surface area contributed by atoms with Gasteiger partial charge in [0.1, 0.15) is 0 Å². The van der Waals surface area contributed by atoms with E-state index in [1.807, 2.05) is 25.3 Å². The SMILES string of the molecule is CC1NC(SCc2cccnc2)C2C(=O)N(C)C(=O)N(C)C2N1. The second kappa shape index (κ2) is 6.46. The highest BCUT2D eigenvalue weighted by Crippen LogP contribution is 2.32. The van der Waals surface area contributed by atoms with Gasteiger partial charge in [-0.2, -0.15) is 0 Å². The molecule has 8 heteroatoms. The van der Waals surface area contributed by atoms with Crippen molar-refractivity contribution in [3.05, 3.63) is 30.1 Å². The van der Waals surface area contributed by atoms with E-state index in [1.165, 1.54) is 11.9 Å². The molecule has 4 unspecified atom stereocenters. The van der Waals surface area contributed by atoms with Crippen LogP contribution in [0.4, 0.5) is 4.79 Å². The maximum Gasteiger partial charge on any atom is 0.327 e. The molecular weight excluding hydrogens is 314 g/mol. The number of rotatable bonds is 3. The molecule has 0 radical (unpaired) electrons. The first kappa shape index (κ1) is 16.2. The zero-order chi connectivity index (χ0) is 16.6. The van der Waals surface area contributed by atoms with Crippen LogP contribution in [-0.2, 0) is 10.5 Å². The molecule has 2 aliphatic rings. The number of carbonyl (C=O) groups excluding carboxylic acids is 2. The third-order valence-corrected chi connectivity index (χ3v) is 5.56. The van der Waals surface area contributed by atoms with Crippen molar-refractivity contribution in [3.8, 4) is 0 Å². The fourth-order valence-corrected chi connectivity index (χ4v) is 4.35. The third-order valence-electron chi connectivity index (χ3n) is 4.28. The summed E-state index contributed by atoms with van der Waals surface area (Å²) in [5.41, 5.74) is 1.11. The third kappa shape index (κ3) is 3.06. The molecule has 0 aromatic carbocycles. The van der Waals surface area contributed by atoms with Gasteiger partial charge in [-0.05, 0) is 18.6 Å². The lowest BCUT2D eigenvalue weighted by molar-refractivity contribution is -0.140. The Morgan fingerprint density at radius 3 is 2.78 bits per heavy atom. The maximum absolute atomic E-state index is 12.6. The Bertz CT molecular complexity index is 599. The van der Waals surface area contributed by atoms with Crippen LogP contribution in [0.5, 0.6) is 0 Å². The van der Waals surface area contributed by atoms with E-state index >= 15 is 0 Å². The van der Waals surface area contributed by atoms with E-state index in [0.29, 0.717) is 0 Å². The van der Waals surface area contributed by atoms with Gasteiger partial charge in [-0.15, -0.1) is 11.8 Å². The highest BCUT2D eigenvalue weighted by atomic mass is 32.2. The van der Waals surface area contributed by atoms with Crippen molar-refractivity contribution in [2.24, 2.45) is 5.92 Å². The summed E-state index contributed by atoms with van der Waals surface area (Å²) in [5.74, 6) is 0.296. The molecule has 3 heterocycles. The van der Waals surface area contributed by atoms with Crippen molar-refractivity contribution in [2.45, 2.75) is 30.4 Å². The number of fused-ring (bicyclic) bond motifs is 1. The minimum atomic E-state index is -0.319. The molecule has 124 valence electrons. The fourth-order valence-electron chi connectivity index (χ4n) is 3.04. The first-order valence-electron chi connectivity index (χ1n) is 7.56. The second-order valence-corrected chi connectivity index (χ2v) is 7.04. The minimum Gasteiger partial charge on any atom is -0.311 e. The fraction of sp³-hybridized carbons (Fsp3) is 0.533. The molecule has 1 aromatic heterocycles. The van der Waals surface area contributed by atoms with Crippen molar-refractivity contribution in [1.29, 1.82) is 0 Å². The average Bonchev–Trinajstić information content (AvgIpc) is 2.56. The van der Waals surface area contributed by atoms with Crippen molar-refractivity contribution >= 4 is 23.7 Å². The zero-order valence-corrected chi connectivity index (χ0v) is 14.2. The van der Waals surface area contributed by atoms with Gasteiger partial charge in [-0.1, -0.05) is 6.07 Å². The van der Waals surface area contributed by atoms with E-state index in [0.717, 1.165) is 11.3 Å². The number of urea groups is 1. The van der Waals surface area contributed by atoms with Crippen LogP contribution < -0.4 is 10.6 Å². The number of hydrogen-bond acceptors (Lipinski definition) is 6. The molecule has 23 heavy (non-hydrogen) atoms. The van der Waals surface area contributed by atoms with Crippen molar-refractivity contribution in [2.75, 3.05) is 14.1 Å². The summed E-state index contributed by atoms with van der Waals surface area (Å²) in [7, 11) is 3.27. The lowest BCUT2D eigenvalue weighted by Crippen LogP contribution is -2.73. The number of nitrogens with zero attached hydrogens (tertiary/aromatic N) is 3. The Morgan fingerprint density at radius 1 is 1.30 bits per heavy atom. The summed E-state index contributed by atoms with van der Waals surface area (Å²) in [6, 6.07) is 3.66. The normalized spacial score (nSPS) is 31.3. The smallest absolute Gasteiger partial charge is 0.311 e. The van der Waals surface area contributed by atoms with Gasteiger partial charge in [-0.3, -0.25) is 25.3 Å². The maximum atomic E-state index is 12.6. The van der Waals surface area contributed by atoms with Crippen LogP contribution in [-0.4, -0.2) is 58.5 Å². The number of nitrogens with one attached hydrogen (secondary N) is 2. The molecule has 2 aliphatic heterocycles. The number of aromatic nitrogens is 1. The number of carbonyl (C=O) groups is 2. The molecule has 3 amide bonds. The molecule has 2 saturated heterocycles. The summed E-state index contributed by atoms with van der Waals surface area (Å²) in [6.07, 6.45) is 3.32. The Balaban J connectivity index is 1.78. The summed E-state index contributed by atoms with van der Waals surface area (Å²) in [5, 5.41) is 6.65. The van der Waals surface area contributed by atoms with Gasteiger partial charge >= 0.3 is 6.03 Å². The van der Waals surface area contributed by atoms with Gasteiger partial charge in [0.15, 0.2) is 0 Å². The van der Waals surface area contributed by atoms with E-state index < -0.39 is 0 Å². The van der Waals surface area contributed by atoms with Crippen LogP contribution in [0.3, 0.4) is 0 Å².